The van der Waals surface area contributed by atoms with Gasteiger partial charge in [-0.25, -0.2) is 5.43 Å². The van der Waals surface area contributed by atoms with Crippen LogP contribution in [-0.4, -0.2) is 32.6 Å². The van der Waals surface area contributed by atoms with E-state index in [1.54, 1.807) is 6.21 Å². The second-order valence-corrected chi connectivity index (χ2v) is 6.85. The van der Waals surface area contributed by atoms with Gasteiger partial charge in [0.25, 0.3) is 5.91 Å². The Bertz CT molecular complexity index is 919. The van der Waals surface area contributed by atoms with E-state index in [9.17, 15) is 4.79 Å². The van der Waals surface area contributed by atoms with Crippen molar-refractivity contribution in [3.63, 3.8) is 0 Å². The summed E-state index contributed by atoms with van der Waals surface area (Å²) in [5, 5.41) is 13.2. The number of hydrogen-bond acceptors (Lipinski definition) is 5. The lowest BCUT2D eigenvalue weighted by atomic mass is 10.2. The summed E-state index contributed by atoms with van der Waals surface area (Å²) in [5.74, 6) is 0.840. The first-order valence-corrected chi connectivity index (χ1v) is 9.66. The van der Waals surface area contributed by atoms with Crippen LogP contribution in [-0.2, 0) is 11.3 Å². The molecule has 6 nitrogen and oxygen atoms in total. The van der Waals surface area contributed by atoms with E-state index in [1.807, 2.05) is 73.0 Å². The molecule has 7 heteroatoms. The molecule has 0 bridgehead atoms. The van der Waals surface area contributed by atoms with Crippen LogP contribution in [0.15, 0.2) is 64.9 Å². The molecule has 3 aromatic rings. The molecule has 0 fully saturated rings. The van der Waals surface area contributed by atoms with Crippen LogP contribution in [0.25, 0.3) is 11.4 Å². The Morgan fingerprint density at radius 2 is 1.89 bits per heavy atom. The summed E-state index contributed by atoms with van der Waals surface area (Å²) in [6, 6.07) is 17.8. The molecule has 1 heterocycles. The van der Waals surface area contributed by atoms with Gasteiger partial charge in [0, 0.05) is 12.1 Å². The first-order valence-electron chi connectivity index (χ1n) is 8.67. The number of aryl methyl sites for hydroxylation is 1. The standard InChI is InChI=1S/C20H21N5OS/c1-3-25-19(17-7-5-4-6-8-17)23-24-20(25)27-14-18(26)22-21-13-16-11-9-15(2)10-12-16/h4-13H,3,14H2,1-2H3,(H,22,26)/b21-13-. The number of carbonyl (C=O) groups is 1. The number of thioether (sulfide) groups is 1. The fraction of sp³-hybridized carbons (Fsp3) is 0.200. The average Bonchev–Trinajstić information content (AvgIpc) is 3.11. The number of nitrogens with one attached hydrogen (secondary N) is 1. The van der Waals surface area contributed by atoms with Gasteiger partial charge < -0.3 is 4.57 Å². The van der Waals surface area contributed by atoms with Gasteiger partial charge in [0.2, 0.25) is 0 Å². The fourth-order valence-electron chi connectivity index (χ4n) is 2.48. The van der Waals surface area contributed by atoms with Crippen LogP contribution in [0.1, 0.15) is 18.1 Å². The van der Waals surface area contributed by atoms with E-state index in [0.717, 1.165) is 23.5 Å². The maximum atomic E-state index is 12.0. The quantitative estimate of drug-likeness (QED) is 0.387. The van der Waals surface area contributed by atoms with Crippen LogP contribution in [0, 0.1) is 6.92 Å². The van der Waals surface area contributed by atoms with E-state index in [1.165, 1.54) is 17.3 Å². The Balaban J connectivity index is 1.57. The number of nitrogens with zero attached hydrogens (tertiary/aromatic N) is 4. The average molecular weight is 379 g/mol. The van der Waals surface area contributed by atoms with Crippen molar-refractivity contribution in [1.29, 1.82) is 0 Å². The second kappa shape index (κ2) is 9.14. The predicted molar refractivity (Wildman–Crippen MR) is 109 cm³/mol. The van der Waals surface area contributed by atoms with Gasteiger partial charge in [-0.3, -0.25) is 4.79 Å². The molecule has 0 unspecified atom stereocenters. The summed E-state index contributed by atoms with van der Waals surface area (Å²) in [6.07, 6.45) is 1.63. The third-order valence-electron chi connectivity index (χ3n) is 3.88. The van der Waals surface area contributed by atoms with Crippen molar-refractivity contribution in [1.82, 2.24) is 20.2 Å². The Labute approximate surface area is 162 Å². The third kappa shape index (κ3) is 5.04. The highest BCUT2D eigenvalue weighted by atomic mass is 32.2. The summed E-state index contributed by atoms with van der Waals surface area (Å²) < 4.78 is 2.00. The Kier molecular flexibility index (Phi) is 6.38. The van der Waals surface area contributed by atoms with Gasteiger partial charge in [0.1, 0.15) is 0 Å². The van der Waals surface area contributed by atoms with Crippen molar-refractivity contribution in [2.45, 2.75) is 25.5 Å². The summed E-state index contributed by atoms with van der Waals surface area (Å²) in [5.41, 5.74) is 5.67. The Morgan fingerprint density at radius 1 is 1.15 bits per heavy atom. The van der Waals surface area contributed by atoms with Crippen LogP contribution in [0.5, 0.6) is 0 Å². The summed E-state index contributed by atoms with van der Waals surface area (Å²) in [6.45, 7) is 4.79. The molecule has 2 aromatic carbocycles. The van der Waals surface area contributed by atoms with Gasteiger partial charge in [-0.05, 0) is 19.4 Å². The highest BCUT2D eigenvalue weighted by Gasteiger charge is 2.14. The molecule has 27 heavy (non-hydrogen) atoms. The minimum atomic E-state index is -0.185. The smallest absolute Gasteiger partial charge is 0.250 e. The maximum absolute atomic E-state index is 12.0. The fourth-order valence-corrected chi connectivity index (χ4v) is 3.27. The Morgan fingerprint density at radius 3 is 2.59 bits per heavy atom. The molecule has 0 aliphatic carbocycles. The molecule has 0 atom stereocenters. The Hall–Kier alpha value is -2.93. The zero-order valence-corrected chi connectivity index (χ0v) is 16.1. The highest BCUT2D eigenvalue weighted by molar-refractivity contribution is 7.99. The second-order valence-electron chi connectivity index (χ2n) is 5.91. The van der Waals surface area contributed by atoms with Crippen LogP contribution < -0.4 is 5.43 Å². The van der Waals surface area contributed by atoms with Crippen LogP contribution in [0.4, 0.5) is 0 Å². The summed E-state index contributed by atoms with van der Waals surface area (Å²) in [7, 11) is 0. The van der Waals surface area contributed by atoms with Gasteiger partial charge >= 0.3 is 0 Å². The molecule has 0 saturated heterocycles. The largest absolute Gasteiger partial charge is 0.302 e. The normalized spacial score (nSPS) is 11.0. The third-order valence-corrected chi connectivity index (χ3v) is 4.84. The van der Waals surface area contributed by atoms with Crippen LogP contribution >= 0.6 is 11.8 Å². The van der Waals surface area contributed by atoms with E-state index >= 15 is 0 Å². The van der Waals surface area contributed by atoms with Gasteiger partial charge in [-0.15, -0.1) is 10.2 Å². The lowest BCUT2D eigenvalue weighted by Gasteiger charge is -2.06. The number of hydrazone groups is 1. The SMILES string of the molecule is CCn1c(SCC(=O)N/N=C\c2ccc(C)cc2)nnc1-c1ccccc1. The van der Waals surface area contributed by atoms with Crippen molar-refractivity contribution in [3.8, 4) is 11.4 Å². The zero-order valence-electron chi connectivity index (χ0n) is 15.3. The van der Waals surface area contributed by atoms with Crippen LogP contribution in [0.2, 0.25) is 0 Å². The van der Waals surface area contributed by atoms with Crippen LogP contribution in [0.3, 0.4) is 0 Å². The molecule has 1 amide bonds. The first kappa shape index (κ1) is 18.8. The topological polar surface area (TPSA) is 72.2 Å². The molecular weight excluding hydrogens is 358 g/mol. The number of aromatic nitrogens is 3. The highest BCUT2D eigenvalue weighted by Crippen LogP contribution is 2.23. The lowest BCUT2D eigenvalue weighted by Crippen LogP contribution is -2.20. The number of rotatable bonds is 7. The van der Waals surface area contributed by atoms with Crippen molar-refractivity contribution in [2.75, 3.05) is 5.75 Å². The van der Waals surface area contributed by atoms with E-state index in [-0.39, 0.29) is 11.7 Å². The molecule has 0 spiro atoms. The van der Waals surface area contributed by atoms with Crippen molar-refractivity contribution < 1.29 is 4.79 Å². The minimum absolute atomic E-state index is 0.185. The molecule has 0 radical (unpaired) electrons. The number of carbonyl (C=O) groups excluding carboxylic acids is 1. The van der Waals surface area contributed by atoms with Crippen molar-refractivity contribution >= 4 is 23.9 Å². The van der Waals surface area contributed by atoms with E-state index in [0.29, 0.717) is 5.16 Å². The summed E-state index contributed by atoms with van der Waals surface area (Å²) >= 11 is 1.35. The molecule has 3 rings (SSSR count). The van der Waals surface area contributed by atoms with E-state index < -0.39 is 0 Å². The van der Waals surface area contributed by atoms with E-state index in [4.69, 9.17) is 0 Å². The number of hydrogen-bond donors (Lipinski definition) is 1. The molecule has 1 N–H and O–H groups in total. The summed E-state index contributed by atoms with van der Waals surface area (Å²) in [4.78, 5) is 12.0. The van der Waals surface area contributed by atoms with E-state index in [2.05, 4.69) is 20.7 Å². The monoisotopic (exact) mass is 379 g/mol. The van der Waals surface area contributed by atoms with Gasteiger partial charge in [0.15, 0.2) is 11.0 Å². The van der Waals surface area contributed by atoms with Crippen molar-refractivity contribution in [2.24, 2.45) is 5.10 Å². The molecule has 0 saturated carbocycles. The van der Waals surface area contributed by atoms with Gasteiger partial charge in [-0.2, -0.15) is 5.10 Å². The molecule has 138 valence electrons. The first-order chi connectivity index (χ1) is 13.2. The predicted octanol–water partition coefficient (Wildman–Crippen LogP) is 3.52. The maximum Gasteiger partial charge on any atom is 0.250 e. The lowest BCUT2D eigenvalue weighted by molar-refractivity contribution is -0.118. The van der Waals surface area contributed by atoms with Crippen molar-refractivity contribution in [3.05, 3.63) is 65.7 Å². The number of benzene rings is 2. The number of amides is 1. The molecule has 0 aliphatic heterocycles. The molecular formula is C20H21N5OS. The van der Waals surface area contributed by atoms with Gasteiger partial charge in [-0.1, -0.05) is 71.9 Å². The minimum Gasteiger partial charge on any atom is -0.302 e. The zero-order chi connectivity index (χ0) is 19.1. The van der Waals surface area contributed by atoms with Gasteiger partial charge in [0.05, 0.1) is 12.0 Å². The molecule has 0 aliphatic rings. The molecule has 1 aromatic heterocycles.